The van der Waals surface area contributed by atoms with Crippen molar-refractivity contribution in [3.05, 3.63) is 5.01 Å². The highest BCUT2D eigenvalue weighted by molar-refractivity contribution is 7.15. The van der Waals surface area contributed by atoms with Crippen LogP contribution in [-0.4, -0.2) is 71.1 Å². The van der Waals surface area contributed by atoms with Crippen LogP contribution in [-0.2, 0) is 15.8 Å². The highest BCUT2D eigenvalue weighted by atomic mass is 32.1. The highest BCUT2D eigenvalue weighted by Crippen LogP contribution is 2.34. The first-order valence-electron chi connectivity index (χ1n) is 7.98. The molecule has 0 aliphatic carbocycles. The maximum absolute atomic E-state index is 12.6. The fraction of sp³-hybridized carbons (Fsp3) is 0.714. The van der Waals surface area contributed by atoms with E-state index in [4.69, 9.17) is 0 Å². The minimum Gasteiger partial charge on any atom is -0.343 e. The molecule has 0 bridgehead atoms. The molecule has 7 nitrogen and oxygen atoms in total. The zero-order chi connectivity index (χ0) is 18.2. The van der Waals surface area contributed by atoms with Crippen LogP contribution in [0.1, 0.15) is 18.4 Å². The van der Waals surface area contributed by atoms with E-state index < -0.39 is 11.2 Å². The van der Waals surface area contributed by atoms with E-state index >= 15 is 0 Å². The van der Waals surface area contributed by atoms with Crippen molar-refractivity contribution >= 4 is 28.3 Å². The van der Waals surface area contributed by atoms with E-state index in [-0.39, 0.29) is 29.4 Å². The molecule has 11 heteroatoms. The van der Waals surface area contributed by atoms with Crippen molar-refractivity contribution in [3.8, 4) is 0 Å². The van der Waals surface area contributed by atoms with Gasteiger partial charge in [0.2, 0.25) is 22.0 Å². The van der Waals surface area contributed by atoms with Gasteiger partial charge in [0.1, 0.15) is 0 Å². The summed E-state index contributed by atoms with van der Waals surface area (Å²) in [6, 6.07) is 0. The Morgan fingerprint density at radius 1 is 1.20 bits per heavy atom. The lowest BCUT2D eigenvalue weighted by molar-refractivity contribution is -0.139. The van der Waals surface area contributed by atoms with E-state index in [0.29, 0.717) is 44.1 Å². The monoisotopic (exact) mass is 377 g/mol. The number of halogens is 3. The van der Waals surface area contributed by atoms with E-state index in [1.54, 1.807) is 14.7 Å². The number of hydrogen-bond donors (Lipinski definition) is 0. The van der Waals surface area contributed by atoms with E-state index in [9.17, 15) is 22.8 Å². The Kier molecular flexibility index (Phi) is 4.85. The van der Waals surface area contributed by atoms with E-state index in [1.165, 1.54) is 0 Å². The average Bonchev–Trinajstić information content (AvgIpc) is 3.18. The molecule has 2 amide bonds. The molecule has 0 spiro atoms. The Balaban J connectivity index is 1.52. The first-order valence-corrected chi connectivity index (χ1v) is 8.79. The number of piperazine rings is 1. The molecule has 2 fully saturated rings. The number of hydrogen-bond acceptors (Lipinski definition) is 6. The van der Waals surface area contributed by atoms with Crippen molar-refractivity contribution in [2.45, 2.75) is 19.5 Å². The van der Waals surface area contributed by atoms with Gasteiger partial charge in [-0.3, -0.25) is 9.59 Å². The number of rotatable bonds is 3. The zero-order valence-corrected chi connectivity index (χ0v) is 14.4. The van der Waals surface area contributed by atoms with Crippen LogP contribution >= 0.6 is 11.3 Å². The van der Waals surface area contributed by atoms with Crippen molar-refractivity contribution < 1.29 is 22.8 Å². The number of likely N-dealkylation sites (tertiary alicyclic amines) is 1. The zero-order valence-electron chi connectivity index (χ0n) is 13.6. The molecular formula is C14H18F3N5O2S. The van der Waals surface area contributed by atoms with E-state index in [2.05, 4.69) is 10.2 Å². The first kappa shape index (κ1) is 17.9. The number of carbonyl (C=O) groups excluding carboxylic acids is 2. The summed E-state index contributed by atoms with van der Waals surface area (Å²) in [5.41, 5.74) is 0. The summed E-state index contributed by atoms with van der Waals surface area (Å²) < 4.78 is 37.8. The van der Waals surface area contributed by atoms with Crippen LogP contribution in [0, 0.1) is 5.92 Å². The fourth-order valence-electron chi connectivity index (χ4n) is 2.92. The molecule has 0 N–H and O–H groups in total. The number of aromatic nitrogens is 2. The second-order valence-electron chi connectivity index (χ2n) is 6.20. The molecule has 25 heavy (non-hydrogen) atoms. The number of nitrogens with zero attached hydrogens (tertiary/aromatic N) is 5. The van der Waals surface area contributed by atoms with Crippen molar-refractivity contribution in [2.75, 3.05) is 44.2 Å². The summed E-state index contributed by atoms with van der Waals surface area (Å²) in [6.45, 7) is 4.07. The number of carbonyl (C=O) groups is 2. The fourth-order valence-corrected chi connectivity index (χ4v) is 3.68. The molecule has 2 aliphatic heterocycles. The van der Waals surface area contributed by atoms with Crippen LogP contribution < -0.4 is 4.90 Å². The predicted molar refractivity (Wildman–Crippen MR) is 84.1 cm³/mol. The minimum absolute atomic E-state index is 0.000487. The molecule has 0 aromatic carbocycles. The van der Waals surface area contributed by atoms with Gasteiger partial charge in [0.05, 0.1) is 6.54 Å². The molecule has 0 unspecified atom stereocenters. The van der Waals surface area contributed by atoms with Gasteiger partial charge in [-0.1, -0.05) is 18.3 Å². The van der Waals surface area contributed by atoms with Gasteiger partial charge in [0.15, 0.2) is 0 Å². The van der Waals surface area contributed by atoms with Gasteiger partial charge in [0, 0.05) is 38.6 Å². The largest absolute Gasteiger partial charge is 0.445 e. The molecule has 3 heterocycles. The van der Waals surface area contributed by atoms with E-state index in [1.807, 2.05) is 6.92 Å². The Hall–Kier alpha value is -1.91. The van der Waals surface area contributed by atoms with Gasteiger partial charge in [-0.2, -0.15) is 13.2 Å². The van der Waals surface area contributed by atoms with Crippen LogP contribution in [0.5, 0.6) is 0 Å². The summed E-state index contributed by atoms with van der Waals surface area (Å²) in [4.78, 5) is 29.1. The smallest absolute Gasteiger partial charge is 0.343 e. The van der Waals surface area contributed by atoms with Crippen molar-refractivity contribution in [1.82, 2.24) is 20.0 Å². The molecule has 2 saturated heterocycles. The second-order valence-corrected chi connectivity index (χ2v) is 7.16. The van der Waals surface area contributed by atoms with Crippen molar-refractivity contribution in [2.24, 2.45) is 5.92 Å². The third-order valence-electron chi connectivity index (χ3n) is 4.45. The van der Waals surface area contributed by atoms with Gasteiger partial charge in [-0.05, 0) is 6.42 Å². The number of amides is 2. The average molecular weight is 377 g/mol. The summed E-state index contributed by atoms with van der Waals surface area (Å²) in [6.07, 6.45) is -3.73. The highest BCUT2D eigenvalue weighted by Gasteiger charge is 2.37. The molecule has 1 aromatic heterocycles. The second kappa shape index (κ2) is 6.77. The topological polar surface area (TPSA) is 69.6 Å². The van der Waals surface area contributed by atoms with Crippen LogP contribution in [0.2, 0.25) is 0 Å². The van der Waals surface area contributed by atoms with Crippen LogP contribution in [0.25, 0.3) is 0 Å². The number of anilines is 1. The molecule has 1 aromatic rings. The predicted octanol–water partition coefficient (Wildman–Crippen LogP) is 1.07. The first-order chi connectivity index (χ1) is 11.8. The van der Waals surface area contributed by atoms with Gasteiger partial charge in [0.25, 0.3) is 0 Å². The molecule has 3 rings (SSSR count). The lowest BCUT2D eigenvalue weighted by Gasteiger charge is -2.35. The minimum atomic E-state index is -4.49. The molecule has 138 valence electrons. The quantitative estimate of drug-likeness (QED) is 0.788. The number of alkyl halides is 3. The Morgan fingerprint density at radius 2 is 1.88 bits per heavy atom. The molecule has 0 radical (unpaired) electrons. The maximum Gasteiger partial charge on any atom is 0.445 e. The molecule has 1 atom stereocenters. The van der Waals surface area contributed by atoms with Crippen molar-refractivity contribution in [3.63, 3.8) is 0 Å². The van der Waals surface area contributed by atoms with Crippen molar-refractivity contribution in [1.29, 1.82) is 0 Å². The Morgan fingerprint density at radius 3 is 2.40 bits per heavy atom. The molecule has 0 saturated carbocycles. The summed E-state index contributed by atoms with van der Waals surface area (Å²) in [5, 5.41) is 6.01. The summed E-state index contributed by atoms with van der Waals surface area (Å²) in [7, 11) is 0. The molecule has 2 aliphatic rings. The van der Waals surface area contributed by atoms with Crippen LogP contribution in [0.4, 0.5) is 18.3 Å². The van der Waals surface area contributed by atoms with E-state index in [0.717, 1.165) is 6.42 Å². The summed E-state index contributed by atoms with van der Waals surface area (Å²) in [5.74, 6) is -0.166. The SMILES string of the molecule is C[C@@H]1CCN(CC(=O)N2CCN(c3nnc(C(F)(F)F)s3)CC2)C1=O. The Labute approximate surface area is 146 Å². The molecular weight excluding hydrogens is 359 g/mol. The normalized spacial score (nSPS) is 22.0. The van der Waals surface area contributed by atoms with Gasteiger partial charge in [-0.25, -0.2) is 0 Å². The lowest BCUT2D eigenvalue weighted by atomic mass is 10.1. The Bertz CT molecular complexity index is 657. The van der Waals surface area contributed by atoms with Crippen LogP contribution in [0.15, 0.2) is 0 Å². The van der Waals surface area contributed by atoms with Gasteiger partial charge in [-0.15, -0.1) is 10.2 Å². The van der Waals surface area contributed by atoms with Gasteiger partial charge < -0.3 is 14.7 Å². The third-order valence-corrected chi connectivity index (χ3v) is 5.48. The van der Waals surface area contributed by atoms with Gasteiger partial charge >= 0.3 is 6.18 Å². The third kappa shape index (κ3) is 3.86. The van der Waals surface area contributed by atoms with Crippen LogP contribution in [0.3, 0.4) is 0 Å². The summed E-state index contributed by atoms with van der Waals surface area (Å²) >= 11 is 0.505. The standard InChI is InChI=1S/C14H18F3N5O2S/c1-9-2-3-22(11(9)24)8-10(23)20-4-6-21(7-5-20)13-19-18-12(25-13)14(15,16)17/h9H,2-8H2,1H3/t9-/m1/s1. The lowest BCUT2D eigenvalue weighted by Crippen LogP contribution is -2.51. The maximum atomic E-state index is 12.6.